The molecule has 0 fully saturated rings. The van der Waals surface area contributed by atoms with Crippen molar-refractivity contribution < 1.29 is 5.11 Å². The number of hydrogen-bond acceptors (Lipinski definition) is 2. The zero-order valence-electron chi connectivity index (χ0n) is 11.5. The highest BCUT2D eigenvalue weighted by Gasteiger charge is 2.21. The van der Waals surface area contributed by atoms with E-state index in [4.69, 9.17) is 23.2 Å². The van der Waals surface area contributed by atoms with Gasteiger partial charge < -0.3 is 10.4 Å². The number of nitrogens with one attached hydrogen (secondary N) is 1. The Hall–Kier alpha value is -1.06. The fraction of sp³-hybridized carbons (Fsp3) is 0.294. The van der Waals surface area contributed by atoms with Crippen LogP contribution >= 0.6 is 23.2 Å². The minimum Gasteiger partial charge on any atom is -0.387 e. The van der Waals surface area contributed by atoms with Gasteiger partial charge in [0.2, 0.25) is 0 Å². The van der Waals surface area contributed by atoms with Crippen LogP contribution < -0.4 is 5.32 Å². The number of aliphatic hydroxyl groups is 1. The van der Waals surface area contributed by atoms with Gasteiger partial charge in [-0.05, 0) is 42.2 Å². The highest BCUT2D eigenvalue weighted by atomic mass is 35.5. The molecule has 0 saturated carbocycles. The van der Waals surface area contributed by atoms with Gasteiger partial charge in [0.15, 0.2) is 0 Å². The summed E-state index contributed by atoms with van der Waals surface area (Å²) in [5.74, 6) is 0. The van der Waals surface area contributed by atoms with E-state index in [-0.39, 0.29) is 0 Å². The molecule has 4 heteroatoms. The van der Waals surface area contributed by atoms with Gasteiger partial charge >= 0.3 is 0 Å². The molecular formula is C17H17Cl2NO. The molecule has 21 heavy (non-hydrogen) atoms. The zero-order chi connectivity index (χ0) is 14.8. The van der Waals surface area contributed by atoms with Gasteiger partial charge in [0.25, 0.3) is 0 Å². The summed E-state index contributed by atoms with van der Waals surface area (Å²) in [5.41, 5.74) is 3.46. The highest BCUT2D eigenvalue weighted by Crippen LogP contribution is 2.27. The molecule has 3 rings (SSSR count). The van der Waals surface area contributed by atoms with Crippen molar-refractivity contribution in [3.63, 3.8) is 0 Å². The maximum Gasteiger partial charge on any atom is 0.0929 e. The topological polar surface area (TPSA) is 32.3 Å². The Morgan fingerprint density at radius 3 is 2.43 bits per heavy atom. The van der Waals surface area contributed by atoms with Gasteiger partial charge in [0.1, 0.15) is 0 Å². The Labute approximate surface area is 134 Å². The third-order valence-corrected chi connectivity index (χ3v) is 4.55. The summed E-state index contributed by atoms with van der Waals surface area (Å²) < 4.78 is 0. The van der Waals surface area contributed by atoms with Crippen LogP contribution in [0, 0.1) is 0 Å². The molecule has 0 aromatic heterocycles. The second kappa shape index (κ2) is 6.37. The van der Waals surface area contributed by atoms with E-state index >= 15 is 0 Å². The predicted octanol–water partition coefficient (Wildman–Crippen LogP) is 3.78. The van der Waals surface area contributed by atoms with Gasteiger partial charge in [-0.2, -0.15) is 0 Å². The van der Waals surface area contributed by atoms with Gasteiger partial charge in [-0.25, -0.2) is 0 Å². The lowest BCUT2D eigenvalue weighted by molar-refractivity contribution is 0.170. The molecule has 0 spiro atoms. The molecule has 1 aliphatic carbocycles. The summed E-state index contributed by atoms with van der Waals surface area (Å²) in [4.78, 5) is 0. The Balaban J connectivity index is 1.60. The molecule has 0 heterocycles. The lowest BCUT2D eigenvalue weighted by atomic mass is 10.1. The molecule has 1 aliphatic rings. The van der Waals surface area contributed by atoms with Crippen molar-refractivity contribution in [3.8, 4) is 0 Å². The number of halogens is 2. The fourth-order valence-electron chi connectivity index (χ4n) is 2.86. The van der Waals surface area contributed by atoms with Crippen molar-refractivity contribution in [2.75, 3.05) is 6.54 Å². The van der Waals surface area contributed by atoms with E-state index in [0.717, 1.165) is 12.8 Å². The van der Waals surface area contributed by atoms with Gasteiger partial charge in [-0.1, -0.05) is 47.5 Å². The molecule has 2 nitrogen and oxygen atoms in total. The summed E-state index contributed by atoms with van der Waals surface area (Å²) >= 11 is 12.1. The number of benzene rings is 2. The molecule has 0 bridgehead atoms. The van der Waals surface area contributed by atoms with Crippen LogP contribution in [-0.2, 0) is 12.8 Å². The summed E-state index contributed by atoms with van der Waals surface area (Å²) in [6, 6.07) is 14.0. The third-order valence-electron chi connectivity index (χ3n) is 3.97. The van der Waals surface area contributed by atoms with Crippen LogP contribution in [0.1, 0.15) is 22.8 Å². The summed E-state index contributed by atoms with van der Waals surface area (Å²) in [6.07, 6.45) is 1.36. The molecule has 1 atom stereocenters. The summed E-state index contributed by atoms with van der Waals surface area (Å²) in [6.45, 7) is 0.471. The normalized spacial score (nSPS) is 16.0. The molecule has 2 aromatic carbocycles. The van der Waals surface area contributed by atoms with Crippen LogP contribution in [0.25, 0.3) is 0 Å². The number of hydrogen-bond donors (Lipinski definition) is 2. The summed E-state index contributed by atoms with van der Waals surface area (Å²) in [5, 5.41) is 14.8. The van der Waals surface area contributed by atoms with Crippen molar-refractivity contribution in [3.05, 3.63) is 69.2 Å². The number of aliphatic hydroxyl groups excluding tert-OH is 1. The van der Waals surface area contributed by atoms with Crippen molar-refractivity contribution in [1.29, 1.82) is 0 Å². The standard InChI is InChI=1S/C17H17Cl2NO/c18-13-5-6-16(19)15(9-13)17(21)10-20-14-7-11-3-1-2-4-12(11)8-14/h1-6,9,14,17,20-21H,7-8,10H2. The zero-order valence-corrected chi connectivity index (χ0v) is 13.0. The quantitative estimate of drug-likeness (QED) is 0.898. The minimum atomic E-state index is -0.653. The first-order valence-electron chi connectivity index (χ1n) is 7.06. The van der Waals surface area contributed by atoms with Crippen LogP contribution in [0.15, 0.2) is 42.5 Å². The van der Waals surface area contributed by atoms with Gasteiger partial charge in [-0.15, -0.1) is 0 Å². The molecule has 0 aliphatic heterocycles. The molecule has 2 aromatic rings. The van der Waals surface area contributed by atoms with Crippen molar-refractivity contribution in [2.45, 2.75) is 25.0 Å². The smallest absolute Gasteiger partial charge is 0.0929 e. The molecule has 0 radical (unpaired) electrons. The van der Waals surface area contributed by atoms with Crippen molar-refractivity contribution >= 4 is 23.2 Å². The van der Waals surface area contributed by atoms with Crippen LogP contribution in [-0.4, -0.2) is 17.7 Å². The van der Waals surface area contributed by atoms with Gasteiger partial charge in [0, 0.05) is 28.2 Å². The lowest BCUT2D eigenvalue weighted by Crippen LogP contribution is -2.33. The number of fused-ring (bicyclic) bond motifs is 1. The lowest BCUT2D eigenvalue weighted by Gasteiger charge is -2.17. The predicted molar refractivity (Wildman–Crippen MR) is 87.1 cm³/mol. The third kappa shape index (κ3) is 3.41. The Bertz CT molecular complexity index is 619. The minimum absolute atomic E-state index is 0.370. The highest BCUT2D eigenvalue weighted by molar-refractivity contribution is 6.33. The van der Waals surface area contributed by atoms with E-state index in [1.54, 1.807) is 18.2 Å². The first-order chi connectivity index (χ1) is 10.1. The van der Waals surface area contributed by atoms with E-state index in [2.05, 4.69) is 29.6 Å². The average Bonchev–Trinajstić information content (AvgIpc) is 2.90. The van der Waals surface area contributed by atoms with E-state index < -0.39 is 6.10 Å². The van der Waals surface area contributed by atoms with Crippen LogP contribution in [0.4, 0.5) is 0 Å². The molecule has 1 unspecified atom stereocenters. The van der Waals surface area contributed by atoms with Gasteiger partial charge in [-0.3, -0.25) is 0 Å². The van der Waals surface area contributed by atoms with E-state index in [1.165, 1.54) is 11.1 Å². The van der Waals surface area contributed by atoms with Crippen LogP contribution in [0.2, 0.25) is 10.0 Å². The van der Waals surface area contributed by atoms with E-state index in [1.807, 2.05) is 0 Å². The maximum absolute atomic E-state index is 10.3. The first-order valence-corrected chi connectivity index (χ1v) is 7.82. The molecule has 2 N–H and O–H groups in total. The Morgan fingerprint density at radius 2 is 1.76 bits per heavy atom. The molecule has 0 saturated heterocycles. The molecular weight excluding hydrogens is 305 g/mol. The van der Waals surface area contributed by atoms with Crippen molar-refractivity contribution in [2.24, 2.45) is 0 Å². The first kappa shape index (κ1) is 14.9. The monoisotopic (exact) mass is 321 g/mol. The van der Waals surface area contributed by atoms with Crippen LogP contribution in [0.5, 0.6) is 0 Å². The Morgan fingerprint density at radius 1 is 1.10 bits per heavy atom. The summed E-state index contributed by atoms with van der Waals surface area (Å²) in [7, 11) is 0. The van der Waals surface area contributed by atoms with E-state index in [0.29, 0.717) is 28.2 Å². The second-order valence-corrected chi connectivity index (χ2v) is 6.31. The maximum atomic E-state index is 10.3. The Kier molecular flexibility index (Phi) is 4.51. The fourth-order valence-corrected chi connectivity index (χ4v) is 3.29. The SMILES string of the molecule is OC(CNC1Cc2ccccc2C1)c1cc(Cl)ccc1Cl. The average molecular weight is 322 g/mol. The van der Waals surface area contributed by atoms with E-state index in [9.17, 15) is 5.11 Å². The van der Waals surface area contributed by atoms with Gasteiger partial charge in [0.05, 0.1) is 6.10 Å². The molecule has 110 valence electrons. The number of rotatable bonds is 4. The van der Waals surface area contributed by atoms with Crippen molar-refractivity contribution in [1.82, 2.24) is 5.32 Å². The van der Waals surface area contributed by atoms with Crippen LogP contribution in [0.3, 0.4) is 0 Å². The second-order valence-electron chi connectivity index (χ2n) is 5.46. The largest absolute Gasteiger partial charge is 0.387 e. The molecule has 0 amide bonds.